The molecule has 0 unspecified atom stereocenters. The largest absolute Gasteiger partial charge is 0.481 e. The van der Waals surface area contributed by atoms with Crippen LogP contribution in [0.2, 0.25) is 0 Å². The lowest BCUT2D eigenvalue weighted by molar-refractivity contribution is -0.150. The third-order valence-electron chi connectivity index (χ3n) is 4.01. The molecule has 1 aliphatic heterocycles. The summed E-state index contributed by atoms with van der Waals surface area (Å²) in [5.74, 6) is -1.64. The van der Waals surface area contributed by atoms with Gasteiger partial charge in [0.05, 0.1) is 0 Å². The fraction of sp³-hybridized carbons (Fsp3) is 0.800. The normalized spacial score (nSPS) is 19.1. The Balaban J connectivity index is 2.69. The molecule has 0 saturated carbocycles. The van der Waals surface area contributed by atoms with Crippen molar-refractivity contribution in [3.05, 3.63) is 0 Å². The van der Waals surface area contributed by atoms with E-state index in [0.29, 0.717) is 19.4 Å². The summed E-state index contributed by atoms with van der Waals surface area (Å²) < 4.78 is 0. The molecule has 1 atom stereocenters. The van der Waals surface area contributed by atoms with Gasteiger partial charge in [-0.2, -0.15) is 0 Å². The van der Waals surface area contributed by atoms with Crippen LogP contribution in [0.25, 0.3) is 0 Å². The van der Waals surface area contributed by atoms with Crippen LogP contribution < -0.4 is 0 Å². The molecule has 1 aliphatic rings. The molecular weight excluding hydrogens is 258 g/mol. The second-order valence-corrected chi connectivity index (χ2v) is 6.19. The van der Waals surface area contributed by atoms with Gasteiger partial charge in [0, 0.05) is 24.4 Å². The van der Waals surface area contributed by atoms with E-state index in [-0.39, 0.29) is 18.2 Å². The lowest BCUT2D eigenvalue weighted by atomic mass is 9.83. The number of ketones is 1. The average Bonchev–Trinajstić information content (AvgIpc) is 2.82. The van der Waals surface area contributed by atoms with Gasteiger partial charge in [0.2, 0.25) is 5.78 Å². The van der Waals surface area contributed by atoms with E-state index < -0.39 is 17.3 Å². The highest BCUT2D eigenvalue weighted by Gasteiger charge is 2.38. The van der Waals surface area contributed by atoms with E-state index in [9.17, 15) is 14.4 Å². The molecule has 5 heteroatoms. The number of nitrogens with zero attached hydrogens (tertiary/aromatic N) is 1. The molecule has 114 valence electrons. The number of rotatable bonds is 7. The first-order chi connectivity index (χ1) is 9.29. The van der Waals surface area contributed by atoms with E-state index in [4.69, 9.17) is 5.11 Å². The van der Waals surface area contributed by atoms with E-state index in [1.54, 1.807) is 18.7 Å². The minimum atomic E-state index is -0.859. The molecule has 0 radical (unpaired) electrons. The minimum Gasteiger partial charge on any atom is -0.481 e. The van der Waals surface area contributed by atoms with Crippen LogP contribution in [0.3, 0.4) is 0 Å². The van der Waals surface area contributed by atoms with Gasteiger partial charge in [-0.15, -0.1) is 0 Å². The Morgan fingerprint density at radius 2 is 1.95 bits per heavy atom. The van der Waals surface area contributed by atoms with Crippen molar-refractivity contribution in [3.63, 3.8) is 0 Å². The number of hydrogen-bond donors (Lipinski definition) is 1. The second-order valence-electron chi connectivity index (χ2n) is 6.19. The first kappa shape index (κ1) is 16.7. The highest BCUT2D eigenvalue weighted by molar-refractivity contribution is 6.38. The van der Waals surface area contributed by atoms with E-state index >= 15 is 0 Å². The number of carbonyl (C=O) groups excluding carboxylic acids is 2. The van der Waals surface area contributed by atoms with Gasteiger partial charge in [0.25, 0.3) is 5.91 Å². The molecule has 0 spiro atoms. The Morgan fingerprint density at radius 3 is 2.50 bits per heavy atom. The van der Waals surface area contributed by atoms with Crippen molar-refractivity contribution in [1.82, 2.24) is 4.90 Å². The van der Waals surface area contributed by atoms with E-state index in [0.717, 1.165) is 19.3 Å². The average molecular weight is 283 g/mol. The fourth-order valence-electron chi connectivity index (χ4n) is 2.85. The third-order valence-corrected chi connectivity index (χ3v) is 4.01. The first-order valence-corrected chi connectivity index (χ1v) is 7.36. The van der Waals surface area contributed by atoms with Crippen molar-refractivity contribution in [2.45, 2.75) is 65.3 Å². The molecule has 0 bridgehead atoms. The zero-order chi connectivity index (χ0) is 15.3. The number of carbonyl (C=O) groups is 3. The summed E-state index contributed by atoms with van der Waals surface area (Å²) in [6, 6.07) is -0.0972. The molecule has 1 fully saturated rings. The van der Waals surface area contributed by atoms with Crippen molar-refractivity contribution in [3.8, 4) is 0 Å². The molecule has 5 nitrogen and oxygen atoms in total. The van der Waals surface area contributed by atoms with Crippen LogP contribution in [0.4, 0.5) is 0 Å². The smallest absolute Gasteiger partial charge is 0.303 e. The van der Waals surface area contributed by atoms with Gasteiger partial charge in [0.15, 0.2) is 0 Å². The van der Waals surface area contributed by atoms with E-state index in [2.05, 4.69) is 0 Å². The molecular formula is C15H25NO4. The van der Waals surface area contributed by atoms with Crippen LogP contribution in [-0.4, -0.2) is 40.3 Å². The number of aliphatic carboxylic acids is 1. The summed E-state index contributed by atoms with van der Waals surface area (Å²) in [7, 11) is 0. The molecule has 1 heterocycles. The molecule has 1 amide bonds. The van der Waals surface area contributed by atoms with Crippen LogP contribution >= 0.6 is 0 Å². The number of likely N-dealkylation sites (tertiary alicyclic amines) is 1. The Kier molecular flexibility index (Phi) is 5.72. The summed E-state index contributed by atoms with van der Waals surface area (Å²) in [6.07, 6.45) is 3.65. The lowest BCUT2D eigenvalue weighted by Crippen LogP contribution is -2.45. The highest BCUT2D eigenvalue weighted by atomic mass is 16.4. The molecule has 0 aromatic heterocycles. The maximum absolute atomic E-state index is 12.4. The van der Waals surface area contributed by atoms with Gasteiger partial charge in [-0.1, -0.05) is 27.2 Å². The van der Waals surface area contributed by atoms with E-state index in [1.165, 1.54) is 0 Å². The standard InChI is InChI=1S/C15H25NO4/c1-4-9-15(2,3)13(19)14(20)16-10-5-6-11(16)7-8-12(17)18/h11H,4-10H2,1-3H3,(H,17,18)/t11-/m0/s1. The van der Waals surface area contributed by atoms with Crippen LogP contribution in [0.1, 0.15) is 59.3 Å². The van der Waals surface area contributed by atoms with Crippen LogP contribution in [0.5, 0.6) is 0 Å². The Bertz CT molecular complexity index is 389. The fourth-order valence-corrected chi connectivity index (χ4v) is 2.85. The zero-order valence-corrected chi connectivity index (χ0v) is 12.6. The number of hydrogen-bond acceptors (Lipinski definition) is 3. The van der Waals surface area contributed by atoms with Gasteiger partial charge >= 0.3 is 5.97 Å². The number of carboxylic acids is 1. The summed E-state index contributed by atoms with van der Waals surface area (Å²) in [6.45, 7) is 6.17. The third kappa shape index (κ3) is 4.05. The van der Waals surface area contributed by atoms with Gasteiger partial charge in [-0.3, -0.25) is 14.4 Å². The predicted octanol–water partition coefficient (Wildman–Crippen LogP) is 2.24. The van der Waals surface area contributed by atoms with Crippen molar-refractivity contribution in [1.29, 1.82) is 0 Å². The number of amides is 1. The quantitative estimate of drug-likeness (QED) is 0.727. The van der Waals surface area contributed by atoms with Crippen molar-refractivity contribution < 1.29 is 19.5 Å². The molecule has 20 heavy (non-hydrogen) atoms. The Labute approximate surface area is 120 Å². The minimum absolute atomic E-state index is 0.0426. The molecule has 1 rings (SSSR count). The monoisotopic (exact) mass is 283 g/mol. The lowest BCUT2D eigenvalue weighted by Gasteiger charge is -2.28. The van der Waals surface area contributed by atoms with Gasteiger partial charge < -0.3 is 10.0 Å². The van der Waals surface area contributed by atoms with Crippen LogP contribution in [0.15, 0.2) is 0 Å². The van der Waals surface area contributed by atoms with Crippen molar-refractivity contribution >= 4 is 17.7 Å². The van der Waals surface area contributed by atoms with Crippen molar-refractivity contribution in [2.75, 3.05) is 6.54 Å². The Hall–Kier alpha value is -1.39. The van der Waals surface area contributed by atoms with Crippen LogP contribution in [-0.2, 0) is 14.4 Å². The van der Waals surface area contributed by atoms with Crippen LogP contribution in [0, 0.1) is 5.41 Å². The Morgan fingerprint density at radius 1 is 1.30 bits per heavy atom. The molecule has 0 aromatic rings. The topological polar surface area (TPSA) is 74.7 Å². The second kappa shape index (κ2) is 6.86. The summed E-state index contributed by atoms with van der Waals surface area (Å²) in [4.78, 5) is 36.9. The molecule has 0 aliphatic carbocycles. The van der Waals surface area contributed by atoms with Crippen molar-refractivity contribution in [2.24, 2.45) is 5.41 Å². The SMILES string of the molecule is CCCC(C)(C)C(=O)C(=O)N1CCC[C@H]1CCC(=O)O. The van der Waals surface area contributed by atoms with Gasteiger partial charge in [0.1, 0.15) is 0 Å². The molecule has 1 saturated heterocycles. The van der Waals surface area contributed by atoms with Gasteiger partial charge in [-0.05, 0) is 25.7 Å². The molecule has 1 N–H and O–H groups in total. The summed E-state index contributed by atoms with van der Waals surface area (Å²) >= 11 is 0. The predicted molar refractivity (Wildman–Crippen MR) is 75.3 cm³/mol. The number of carboxylic acid groups (broad SMARTS) is 1. The summed E-state index contributed by atoms with van der Waals surface area (Å²) in [5.41, 5.74) is -0.633. The zero-order valence-electron chi connectivity index (χ0n) is 12.6. The maximum atomic E-state index is 12.4. The number of Topliss-reactive ketones (excluding diaryl/α,β-unsaturated/α-hetero) is 1. The first-order valence-electron chi connectivity index (χ1n) is 7.36. The van der Waals surface area contributed by atoms with Gasteiger partial charge in [-0.25, -0.2) is 0 Å². The molecule has 0 aromatic carbocycles. The maximum Gasteiger partial charge on any atom is 0.303 e. The van der Waals surface area contributed by atoms with E-state index in [1.807, 2.05) is 6.92 Å². The summed E-state index contributed by atoms with van der Waals surface area (Å²) in [5, 5.41) is 8.74. The highest BCUT2D eigenvalue weighted by Crippen LogP contribution is 2.28.